The molecule has 2 aromatic carbocycles. The third kappa shape index (κ3) is 4.81. The highest BCUT2D eigenvalue weighted by Crippen LogP contribution is 2.32. The number of amides is 1. The van der Waals surface area contributed by atoms with E-state index in [-0.39, 0.29) is 29.1 Å². The average molecular weight is 459 g/mol. The molecular weight excluding hydrogens is 435 g/mol. The number of ether oxygens (including phenoxy) is 2. The van der Waals surface area contributed by atoms with Crippen LogP contribution in [0.5, 0.6) is 11.5 Å². The summed E-state index contributed by atoms with van der Waals surface area (Å²) >= 11 is 0. The van der Waals surface area contributed by atoms with Gasteiger partial charge in [-0.3, -0.25) is 4.79 Å². The van der Waals surface area contributed by atoms with Crippen molar-refractivity contribution in [2.75, 3.05) is 20.8 Å². The maximum Gasteiger partial charge on any atom is 0.416 e. The molecule has 0 aliphatic carbocycles. The summed E-state index contributed by atoms with van der Waals surface area (Å²) in [6, 6.07) is 12.5. The van der Waals surface area contributed by atoms with Gasteiger partial charge in [0, 0.05) is 12.6 Å². The largest absolute Gasteiger partial charge is 0.497 e. The molecule has 0 saturated carbocycles. The zero-order valence-corrected chi connectivity index (χ0v) is 18.3. The molecule has 33 heavy (non-hydrogen) atoms. The smallest absolute Gasteiger partial charge is 0.416 e. The monoisotopic (exact) mass is 459 g/mol. The normalized spacial score (nSPS) is 16.2. The number of aromatic nitrogens is 2. The molecule has 1 saturated heterocycles. The van der Waals surface area contributed by atoms with Gasteiger partial charge in [-0.2, -0.15) is 18.3 Å². The fraction of sp³-hybridized carbons (Fsp3) is 0.333. The highest BCUT2D eigenvalue weighted by molar-refractivity contribution is 5.95. The summed E-state index contributed by atoms with van der Waals surface area (Å²) in [7, 11) is 3.01. The maximum atomic E-state index is 13.4. The highest BCUT2D eigenvalue weighted by Gasteiger charge is 2.34. The van der Waals surface area contributed by atoms with E-state index in [1.54, 1.807) is 12.0 Å². The number of halogens is 3. The average Bonchev–Trinajstić information content (AvgIpc) is 3.45. The summed E-state index contributed by atoms with van der Waals surface area (Å²) in [6.07, 6.45) is -0.680. The molecule has 1 aromatic heterocycles. The Bertz CT molecular complexity index is 1140. The van der Waals surface area contributed by atoms with E-state index >= 15 is 0 Å². The first-order valence-electron chi connectivity index (χ1n) is 10.6. The molecule has 0 radical (unpaired) electrons. The number of carbonyl (C=O) groups is 1. The quantitative estimate of drug-likeness (QED) is 0.534. The van der Waals surface area contributed by atoms with E-state index in [1.807, 2.05) is 24.3 Å². The zero-order chi connectivity index (χ0) is 23.6. The van der Waals surface area contributed by atoms with Crippen LogP contribution in [-0.4, -0.2) is 47.4 Å². The Morgan fingerprint density at radius 2 is 1.91 bits per heavy atom. The molecule has 0 N–H and O–H groups in total. The molecule has 4 rings (SSSR count). The molecule has 0 spiro atoms. The number of carbonyl (C=O) groups excluding carboxylic acids is 1. The van der Waals surface area contributed by atoms with Crippen LogP contribution in [0.2, 0.25) is 0 Å². The van der Waals surface area contributed by atoms with Crippen molar-refractivity contribution < 1.29 is 27.4 Å². The molecular formula is C24H24F3N3O3. The van der Waals surface area contributed by atoms with Gasteiger partial charge in [0.15, 0.2) is 11.4 Å². The first-order chi connectivity index (χ1) is 15.8. The first kappa shape index (κ1) is 22.7. The minimum atomic E-state index is -4.48. The van der Waals surface area contributed by atoms with Gasteiger partial charge in [-0.15, -0.1) is 0 Å². The molecule has 9 heteroatoms. The third-order valence-corrected chi connectivity index (χ3v) is 5.78. The Kier molecular flexibility index (Phi) is 6.31. The van der Waals surface area contributed by atoms with Crippen molar-refractivity contribution in [1.82, 2.24) is 14.7 Å². The lowest BCUT2D eigenvalue weighted by molar-refractivity contribution is -0.137. The topological polar surface area (TPSA) is 56.6 Å². The third-order valence-electron chi connectivity index (χ3n) is 5.78. The Hall–Kier alpha value is -3.49. The van der Waals surface area contributed by atoms with Crippen LogP contribution >= 0.6 is 0 Å². The summed E-state index contributed by atoms with van der Waals surface area (Å²) < 4.78 is 51.2. The zero-order valence-electron chi connectivity index (χ0n) is 18.3. The molecule has 6 nitrogen and oxygen atoms in total. The van der Waals surface area contributed by atoms with Gasteiger partial charge < -0.3 is 14.4 Å². The summed E-state index contributed by atoms with van der Waals surface area (Å²) in [5, 5.41) is 4.30. The van der Waals surface area contributed by atoms with Crippen LogP contribution in [0.3, 0.4) is 0 Å². The molecule has 1 aliphatic rings. The fourth-order valence-electron chi connectivity index (χ4n) is 4.14. The van der Waals surface area contributed by atoms with Crippen molar-refractivity contribution in [3.8, 4) is 17.2 Å². The number of alkyl halides is 3. The number of nitrogens with zero attached hydrogens (tertiary/aromatic N) is 3. The molecule has 1 amide bonds. The maximum absolute atomic E-state index is 13.4. The van der Waals surface area contributed by atoms with Crippen LogP contribution in [0.4, 0.5) is 13.2 Å². The lowest BCUT2D eigenvalue weighted by Crippen LogP contribution is -2.37. The molecule has 1 unspecified atom stereocenters. The van der Waals surface area contributed by atoms with Gasteiger partial charge >= 0.3 is 6.18 Å². The van der Waals surface area contributed by atoms with Crippen molar-refractivity contribution >= 4 is 5.91 Å². The Morgan fingerprint density at radius 1 is 1.12 bits per heavy atom. The molecule has 2 heterocycles. The van der Waals surface area contributed by atoms with E-state index < -0.39 is 11.7 Å². The van der Waals surface area contributed by atoms with Gasteiger partial charge in [0.25, 0.3) is 5.91 Å². The van der Waals surface area contributed by atoms with Crippen LogP contribution in [-0.2, 0) is 12.6 Å². The van der Waals surface area contributed by atoms with Gasteiger partial charge in [-0.05, 0) is 55.2 Å². The predicted molar refractivity (Wildman–Crippen MR) is 116 cm³/mol. The summed E-state index contributed by atoms with van der Waals surface area (Å²) in [5.74, 6) is 0.664. The Labute approximate surface area is 189 Å². The van der Waals surface area contributed by atoms with Crippen LogP contribution in [0.1, 0.15) is 34.5 Å². The summed E-state index contributed by atoms with van der Waals surface area (Å²) in [4.78, 5) is 15.2. The van der Waals surface area contributed by atoms with Gasteiger partial charge in [-0.25, -0.2) is 4.68 Å². The number of rotatable bonds is 6. The number of benzene rings is 2. The molecule has 1 fully saturated rings. The van der Waals surface area contributed by atoms with Crippen molar-refractivity contribution in [3.63, 3.8) is 0 Å². The minimum absolute atomic E-state index is 0.0204. The second-order valence-electron chi connectivity index (χ2n) is 7.89. The number of methoxy groups -OCH3 is 2. The van der Waals surface area contributed by atoms with E-state index in [4.69, 9.17) is 9.47 Å². The van der Waals surface area contributed by atoms with E-state index in [0.717, 1.165) is 36.3 Å². The molecule has 0 bridgehead atoms. The van der Waals surface area contributed by atoms with E-state index in [2.05, 4.69) is 5.10 Å². The molecule has 1 aliphatic heterocycles. The van der Waals surface area contributed by atoms with Crippen LogP contribution < -0.4 is 9.47 Å². The van der Waals surface area contributed by atoms with Crippen molar-refractivity contribution in [1.29, 1.82) is 0 Å². The van der Waals surface area contributed by atoms with E-state index in [9.17, 15) is 18.0 Å². The highest BCUT2D eigenvalue weighted by atomic mass is 19.4. The van der Waals surface area contributed by atoms with Gasteiger partial charge in [-0.1, -0.05) is 18.2 Å². The number of hydrogen-bond donors (Lipinski definition) is 0. The lowest BCUT2D eigenvalue weighted by atomic mass is 10.0. The number of likely N-dealkylation sites (tertiary alicyclic amines) is 1. The van der Waals surface area contributed by atoms with Crippen LogP contribution in [0, 0.1) is 0 Å². The second kappa shape index (κ2) is 9.17. The van der Waals surface area contributed by atoms with E-state index in [1.165, 1.54) is 30.1 Å². The number of hydrogen-bond acceptors (Lipinski definition) is 4. The minimum Gasteiger partial charge on any atom is -0.497 e. The second-order valence-corrected chi connectivity index (χ2v) is 7.89. The van der Waals surface area contributed by atoms with Crippen molar-refractivity contribution in [3.05, 3.63) is 71.5 Å². The standard InChI is InChI=1S/C24H24F3N3O3/c1-32-20-10-3-6-16(13-20)12-18-9-5-11-29(18)23(31)22-21(33-2)15-30(28-22)19-8-4-7-17(14-19)24(25,26)27/h3-4,6-8,10,13-15,18H,5,9,11-12H2,1-2H3. The molecule has 3 aromatic rings. The lowest BCUT2D eigenvalue weighted by Gasteiger charge is -2.24. The van der Waals surface area contributed by atoms with Gasteiger partial charge in [0.05, 0.1) is 31.7 Å². The predicted octanol–water partition coefficient (Wildman–Crippen LogP) is 4.76. The van der Waals surface area contributed by atoms with E-state index in [0.29, 0.717) is 13.0 Å². The molecule has 174 valence electrons. The summed E-state index contributed by atoms with van der Waals surface area (Å²) in [5.41, 5.74) is 0.532. The Morgan fingerprint density at radius 3 is 2.64 bits per heavy atom. The van der Waals surface area contributed by atoms with Crippen molar-refractivity contribution in [2.24, 2.45) is 0 Å². The van der Waals surface area contributed by atoms with Crippen molar-refractivity contribution in [2.45, 2.75) is 31.5 Å². The first-order valence-corrected chi connectivity index (χ1v) is 10.6. The van der Waals surface area contributed by atoms with Crippen LogP contribution in [0.25, 0.3) is 5.69 Å². The Balaban J connectivity index is 1.59. The summed E-state index contributed by atoms with van der Waals surface area (Å²) in [6.45, 7) is 0.576. The van der Waals surface area contributed by atoms with Gasteiger partial charge in [0.1, 0.15) is 5.75 Å². The van der Waals surface area contributed by atoms with Crippen LogP contribution in [0.15, 0.2) is 54.7 Å². The molecule has 1 atom stereocenters. The van der Waals surface area contributed by atoms with Gasteiger partial charge in [0.2, 0.25) is 0 Å². The SMILES string of the molecule is COc1cccc(CC2CCCN2C(=O)c2nn(-c3cccc(C(F)(F)F)c3)cc2OC)c1. The fourth-order valence-corrected chi connectivity index (χ4v) is 4.14.